The van der Waals surface area contributed by atoms with Crippen molar-refractivity contribution in [3.8, 4) is 5.75 Å². The first kappa shape index (κ1) is 26.8. The van der Waals surface area contributed by atoms with E-state index in [-0.39, 0.29) is 23.5 Å². The molecule has 37 heavy (non-hydrogen) atoms. The number of carbonyl (C=O) groups is 2. The monoisotopic (exact) mass is 540 g/mol. The number of amides is 3. The largest absolute Gasteiger partial charge is 0.573 e. The Morgan fingerprint density at radius 2 is 1.78 bits per heavy atom. The third-order valence-corrected chi connectivity index (χ3v) is 6.72. The van der Waals surface area contributed by atoms with Crippen LogP contribution in [0.2, 0.25) is 5.15 Å². The van der Waals surface area contributed by atoms with E-state index in [9.17, 15) is 22.8 Å². The maximum atomic E-state index is 13.6. The number of aromatic nitrogens is 1. The fourth-order valence-corrected chi connectivity index (χ4v) is 4.95. The van der Waals surface area contributed by atoms with Gasteiger partial charge in [-0.2, -0.15) is 0 Å². The van der Waals surface area contributed by atoms with Crippen LogP contribution >= 0.6 is 11.6 Å². The Morgan fingerprint density at radius 3 is 2.38 bits per heavy atom. The molecule has 0 atom stereocenters. The number of likely N-dealkylation sites (tertiary alicyclic amines) is 1. The maximum absolute atomic E-state index is 13.6. The van der Waals surface area contributed by atoms with Crippen molar-refractivity contribution in [2.24, 2.45) is 0 Å². The quantitative estimate of drug-likeness (QED) is 0.438. The Hall–Kier alpha value is -3.21. The highest BCUT2D eigenvalue weighted by molar-refractivity contribution is 6.29. The molecule has 12 heteroatoms. The van der Waals surface area contributed by atoms with E-state index in [1.807, 2.05) is 0 Å². The number of fused-ring (bicyclic) bond motifs is 2. The average Bonchev–Trinajstić information content (AvgIpc) is 3.09. The topological polar surface area (TPSA) is 75.2 Å². The summed E-state index contributed by atoms with van der Waals surface area (Å²) in [6.45, 7) is 6.24. The molecule has 8 nitrogen and oxygen atoms in total. The fraction of sp³-hybridized carbons (Fsp3) is 0.480. The van der Waals surface area contributed by atoms with E-state index in [0.717, 1.165) is 0 Å². The van der Waals surface area contributed by atoms with Gasteiger partial charge in [-0.25, -0.2) is 14.6 Å². The van der Waals surface area contributed by atoms with Crippen molar-refractivity contribution in [3.05, 3.63) is 47.2 Å². The van der Waals surface area contributed by atoms with Gasteiger partial charge < -0.3 is 14.4 Å². The van der Waals surface area contributed by atoms with Gasteiger partial charge in [0.25, 0.3) is 0 Å². The Morgan fingerprint density at radius 1 is 1.11 bits per heavy atom. The molecule has 0 bridgehead atoms. The van der Waals surface area contributed by atoms with Crippen LogP contribution in [-0.4, -0.2) is 60.7 Å². The lowest BCUT2D eigenvalue weighted by molar-refractivity contribution is -0.274. The second-order valence-electron chi connectivity index (χ2n) is 10.2. The lowest BCUT2D eigenvalue weighted by Gasteiger charge is -2.40. The van der Waals surface area contributed by atoms with Gasteiger partial charge >= 0.3 is 18.5 Å². The molecular weight excluding hydrogens is 513 g/mol. The van der Waals surface area contributed by atoms with Gasteiger partial charge in [0, 0.05) is 49.7 Å². The van der Waals surface area contributed by atoms with Crippen LogP contribution in [0.25, 0.3) is 0 Å². The zero-order valence-electron chi connectivity index (χ0n) is 20.9. The SMILES string of the molecule is CN(C(=O)N1CC2(CCN(C(=O)OC(C)(C)C)CC2)c2cc(OC(F)(F)F)ccc21)c1ccnc(Cl)c1. The summed E-state index contributed by atoms with van der Waals surface area (Å²) in [4.78, 5) is 34.6. The molecule has 1 aromatic heterocycles. The summed E-state index contributed by atoms with van der Waals surface area (Å²) in [5.74, 6) is -0.358. The first-order valence-corrected chi connectivity index (χ1v) is 12.1. The Labute approximate surface area is 217 Å². The number of urea groups is 1. The smallest absolute Gasteiger partial charge is 0.444 e. The number of halogens is 4. The number of hydrogen-bond acceptors (Lipinski definition) is 5. The molecule has 3 amide bonds. The van der Waals surface area contributed by atoms with Crippen LogP contribution in [0, 0.1) is 0 Å². The fourth-order valence-electron chi connectivity index (χ4n) is 4.78. The summed E-state index contributed by atoms with van der Waals surface area (Å²) in [7, 11) is 1.59. The molecule has 200 valence electrons. The molecule has 2 aromatic rings. The molecule has 0 radical (unpaired) electrons. The Kier molecular flexibility index (Phi) is 6.96. The summed E-state index contributed by atoms with van der Waals surface area (Å²) in [6.07, 6.45) is -2.95. The highest BCUT2D eigenvalue weighted by atomic mass is 35.5. The van der Waals surface area contributed by atoms with Crippen molar-refractivity contribution in [2.45, 2.75) is 51.0 Å². The van der Waals surface area contributed by atoms with E-state index in [1.54, 1.807) is 49.8 Å². The second-order valence-corrected chi connectivity index (χ2v) is 10.6. The standard InChI is InChI=1S/C25H28ClF3N4O4/c1-23(2,3)37-22(35)32-11-8-24(9-12-32)15-33(21(34)31(4)16-7-10-30-20(26)13-16)19-6-5-17(14-18(19)24)36-25(27,28)29/h5-7,10,13-14H,8-9,11-12,15H2,1-4H3. The van der Waals surface area contributed by atoms with Crippen molar-refractivity contribution in [1.29, 1.82) is 0 Å². The third kappa shape index (κ3) is 5.87. The van der Waals surface area contributed by atoms with Gasteiger partial charge in [-0.15, -0.1) is 13.2 Å². The Balaban J connectivity index is 1.64. The molecule has 1 spiro atoms. The number of anilines is 2. The van der Waals surface area contributed by atoms with E-state index in [2.05, 4.69) is 9.72 Å². The van der Waals surface area contributed by atoms with Gasteiger partial charge in [0.05, 0.1) is 0 Å². The Bertz CT molecular complexity index is 1190. The minimum Gasteiger partial charge on any atom is -0.444 e. The lowest BCUT2D eigenvalue weighted by atomic mass is 9.74. The van der Waals surface area contributed by atoms with Crippen LogP contribution in [-0.2, 0) is 10.2 Å². The second kappa shape index (κ2) is 9.59. The predicted molar refractivity (Wildman–Crippen MR) is 132 cm³/mol. The summed E-state index contributed by atoms with van der Waals surface area (Å²) in [5.41, 5.74) is 0.277. The molecular formula is C25H28ClF3N4O4. The van der Waals surface area contributed by atoms with Gasteiger partial charge in [0.15, 0.2) is 0 Å². The number of carbonyl (C=O) groups excluding carboxylic acids is 2. The molecule has 2 aliphatic rings. The molecule has 0 N–H and O–H groups in total. The average molecular weight is 541 g/mol. The number of rotatable bonds is 2. The summed E-state index contributed by atoms with van der Waals surface area (Å²) in [5, 5.41) is 0.221. The zero-order chi connectivity index (χ0) is 27.2. The van der Waals surface area contributed by atoms with Crippen molar-refractivity contribution in [3.63, 3.8) is 0 Å². The molecule has 0 unspecified atom stereocenters. The number of benzene rings is 1. The number of hydrogen-bond donors (Lipinski definition) is 0. The minimum absolute atomic E-state index is 0.221. The van der Waals surface area contributed by atoms with Crippen molar-refractivity contribution in [1.82, 2.24) is 9.88 Å². The predicted octanol–water partition coefficient (Wildman–Crippen LogP) is 5.98. The normalized spacial score (nSPS) is 17.0. The number of piperidine rings is 1. The van der Waals surface area contributed by atoms with Gasteiger partial charge in [-0.05, 0) is 69.5 Å². The molecule has 2 aliphatic heterocycles. The molecule has 1 fully saturated rings. The maximum Gasteiger partial charge on any atom is 0.573 e. The van der Waals surface area contributed by atoms with E-state index in [0.29, 0.717) is 42.9 Å². The van der Waals surface area contributed by atoms with E-state index < -0.39 is 23.5 Å². The minimum atomic E-state index is -4.85. The first-order valence-electron chi connectivity index (χ1n) is 11.7. The highest BCUT2D eigenvalue weighted by Gasteiger charge is 2.48. The van der Waals surface area contributed by atoms with E-state index >= 15 is 0 Å². The van der Waals surface area contributed by atoms with Crippen LogP contribution < -0.4 is 14.5 Å². The molecule has 1 aromatic carbocycles. The number of nitrogens with zero attached hydrogens (tertiary/aromatic N) is 4. The lowest BCUT2D eigenvalue weighted by Crippen LogP contribution is -2.50. The summed E-state index contributed by atoms with van der Waals surface area (Å²) >= 11 is 5.99. The van der Waals surface area contributed by atoms with E-state index in [1.165, 1.54) is 29.3 Å². The van der Waals surface area contributed by atoms with Crippen LogP contribution in [0.1, 0.15) is 39.2 Å². The highest BCUT2D eigenvalue weighted by Crippen LogP contribution is 2.49. The van der Waals surface area contributed by atoms with Crippen LogP contribution in [0.15, 0.2) is 36.5 Å². The van der Waals surface area contributed by atoms with Crippen LogP contribution in [0.3, 0.4) is 0 Å². The van der Waals surface area contributed by atoms with Crippen molar-refractivity contribution >= 4 is 35.1 Å². The van der Waals surface area contributed by atoms with Gasteiger partial charge in [-0.3, -0.25) is 9.80 Å². The molecule has 4 rings (SSSR count). The third-order valence-electron chi connectivity index (χ3n) is 6.51. The number of pyridine rings is 1. The summed E-state index contributed by atoms with van der Waals surface area (Å²) < 4.78 is 48.6. The molecule has 1 saturated heterocycles. The number of ether oxygens (including phenoxy) is 2. The van der Waals surface area contributed by atoms with Crippen LogP contribution in [0.5, 0.6) is 5.75 Å². The first-order chi connectivity index (χ1) is 17.2. The summed E-state index contributed by atoms with van der Waals surface area (Å²) in [6, 6.07) is 6.82. The van der Waals surface area contributed by atoms with Gasteiger partial charge in [0.2, 0.25) is 0 Å². The van der Waals surface area contributed by atoms with Gasteiger partial charge in [-0.1, -0.05) is 11.6 Å². The van der Waals surface area contributed by atoms with Crippen LogP contribution in [0.4, 0.5) is 34.1 Å². The van der Waals surface area contributed by atoms with E-state index in [4.69, 9.17) is 16.3 Å². The van der Waals surface area contributed by atoms with Gasteiger partial charge in [0.1, 0.15) is 16.5 Å². The van der Waals surface area contributed by atoms with Crippen molar-refractivity contribution < 1.29 is 32.2 Å². The molecule has 0 aliphatic carbocycles. The number of alkyl halides is 3. The molecule has 3 heterocycles. The van der Waals surface area contributed by atoms with Crippen molar-refractivity contribution in [2.75, 3.05) is 36.5 Å². The zero-order valence-corrected chi connectivity index (χ0v) is 21.7. The molecule has 0 saturated carbocycles.